The molecular weight excluding hydrogens is 222 g/mol. The molecule has 2 N–H and O–H groups in total. The molecule has 0 aromatic heterocycles. The van der Waals surface area contributed by atoms with Crippen molar-refractivity contribution in [3.63, 3.8) is 0 Å². The van der Waals surface area contributed by atoms with Crippen LogP contribution in [0.1, 0.15) is 44.2 Å². The maximum absolute atomic E-state index is 6.09. The minimum Gasteiger partial charge on any atom is -0.493 e. The summed E-state index contributed by atoms with van der Waals surface area (Å²) in [6.45, 7) is 5.93. The first-order valence-electron chi connectivity index (χ1n) is 7.18. The summed E-state index contributed by atoms with van der Waals surface area (Å²) in [4.78, 5) is 0. The molecule has 1 aliphatic carbocycles. The van der Waals surface area contributed by atoms with Crippen LogP contribution in [0.5, 0.6) is 5.75 Å². The van der Waals surface area contributed by atoms with Crippen molar-refractivity contribution in [3.8, 4) is 5.75 Å². The highest BCUT2D eigenvalue weighted by Gasteiger charge is 2.36. The largest absolute Gasteiger partial charge is 0.493 e. The monoisotopic (exact) mass is 247 g/mol. The molecule has 18 heavy (non-hydrogen) atoms. The van der Waals surface area contributed by atoms with Crippen molar-refractivity contribution in [2.24, 2.45) is 11.1 Å². The average molecular weight is 247 g/mol. The third-order valence-corrected chi connectivity index (χ3v) is 4.35. The molecule has 1 aromatic rings. The predicted octanol–water partition coefficient (Wildman–Crippen LogP) is 3.32. The second-order valence-electron chi connectivity index (χ2n) is 5.45. The van der Waals surface area contributed by atoms with Gasteiger partial charge in [-0.25, -0.2) is 0 Å². The fourth-order valence-electron chi connectivity index (χ4n) is 2.79. The number of rotatable bonds is 6. The van der Waals surface area contributed by atoms with E-state index in [4.69, 9.17) is 10.5 Å². The summed E-state index contributed by atoms with van der Waals surface area (Å²) < 4.78 is 6.09. The molecule has 0 radical (unpaired) electrons. The fourth-order valence-corrected chi connectivity index (χ4v) is 2.79. The summed E-state index contributed by atoms with van der Waals surface area (Å²) in [5, 5.41) is 0. The van der Waals surface area contributed by atoms with Gasteiger partial charge in [-0.05, 0) is 42.9 Å². The highest BCUT2D eigenvalue weighted by atomic mass is 16.5. The lowest BCUT2D eigenvalue weighted by Gasteiger charge is -2.40. The minimum absolute atomic E-state index is 0.257. The van der Waals surface area contributed by atoms with E-state index < -0.39 is 0 Å². The van der Waals surface area contributed by atoms with E-state index in [1.54, 1.807) is 0 Å². The molecule has 0 spiro atoms. The van der Waals surface area contributed by atoms with Crippen LogP contribution in [0.2, 0.25) is 0 Å². The van der Waals surface area contributed by atoms with Crippen molar-refractivity contribution >= 4 is 0 Å². The van der Waals surface area contributed by atoms with Gasteiger partial charge in [0.15, 0.2) is 0 Å². The molecule has 2 nitrogen and oxygen atoms in total. The van der Waals surface area contributed by atoms with E-state index in [1.807, 2.05) is 0 Å². The van der Waals surface area contributed by atoms with Gasteiger partial charge in [0.05, 0.1) is 6.61 Å². The van der Waals surface area contributed by atoms with Crippen LogP contribution in [-0.4, -0.2) is 13.2 Å². The molecule has 0 unspecified atom stereocenters. The number of ether oxygens (including phenoxy) is 1. The van der Waals surface area contributed by atoms with Crippen molar-refractivity contribution in [3.05, 3.63) is 29.3 Å². The summed E-state index contributed by atoms with van der Waals surface area (Å²) >= 11 is 0. The smallest absolute Gasteiger partial charge is 0.122 e. The van der Waals surface area contributed by atoms with E-state index in [-0.39, 0.29) is 5.41 Å². The number of benzene rings is 1. The SMILES string of the molecule is CCc1cccc(OCC2(CN)CCC2)c1CC. The molecule has 1 aromatic carbocycles. The lowest BCUT2D eigenvalue weighted by atomic mass is 9.69. The zero-order valence-electron chi connectivity index (χ0n) is 11.7. The summed E-state index contributed by atoms with van der Waals surface area (Å²) in [6, 6.07) is 6.40. The Hall–Kier alpha value is -1.02. The number of hydrogen-bond donors (Lipinski definition) is 1. The van der Waals surface area contributed by atoms with Crippen LogP contribution in [-0.2, 0) is 12.8 Å². The van der Waals surface area contributed by atoms with E-state index in [0.29, 0.717) is 0 Å². The summed E-state index contributed by atoms with van der Waals surface area (Å²) in [7, 11) is 0. The molecule has 0 heterocycles. The molecule has 2 rings (SSSR count). The lowest BCUT2D eigenvalue weighted by Crippen LogP contribution is -2.42. The third kappa shape index (κ3) is 2.54. The normalized spacial score (nSPS) is 17.3. The van der Waals surface area contributed by atoms with Crippen LogP contribution >= 0.6 is 0 Å². The second kappa shape index (κ2) is 5.75. The van der Waals surface area contributed by atoms with Crippen LogP contribution < -0.4 is 10.5 Å². The van der Waals surface area contributed by atoms with Gasteiger partial charge in [0.1, 0.15) is 5.75 Å². The third-order valence-electron chi connectivity index (χ3n) is 4.35. The van der Waals surface area contributed by atoms with E-state index in [0.717, 1.165) is 31.7 Å². The van der Waals surface area contributed by atoms with Crippen molar-refractivity contribution in [2.45, 2.75) is 46.0 Å². The predicted molar refractivity (Wildman–Crippen MR) is 76.0 cm³/mol. The Labute approximate surface area is 111 Å². The maximum atomic E-state index is 6.09. The highest BCUT2D eigenvalue weighted by molar-refractivity contribution is 5.40. The van der Waals surface area contributed by atoms with Gasteiger partial charge < -0.3 is 10.5 Å². The number of aryl methyl sites for hydroxylation is 1. The quantitative estimate of drug-likeness (QED) is 0.837. The molecule has 0 aliphatic heterocycles. The van der Waals surface area contributed by atoms with E-state index >= 15 is 0 Å². The van der Waals surface area contributed by atoms with Gasteiger partial charge in [-0.3, -0.25) is 0 Å². The molecule has 100 valence electrons. The zero-order valence-corrected chi connectivity index (χ0v) is 11.7. The average Bonchev–Trinajstić information content (AvgIpc) is 2.37. The molecule has 0 bridgehead atoms. The first kappa shape index (κ1) is 13.4. The molecule has 1 saturated carbocycles. The first-order chi connectivity index (χ1) is 8.74. The summed E-state index contributed by atoms with van der Waals surface area (Å²) in [6.07, 6.45) is 5.85. The van der Waals surface area contributed by atoms with Crippen LogP contribution in [0.3, 0.4) is 0 Å². The maximum Gasteiger partial charge on any atom is 0.122 e. The Morgan fingerprint density at radius 2 is 2.00 bits per heavy atom. The molecule has 0 saturated heterocycles. The fraction of sp³-hybridized carbons (Fsp3) is 0.625. The Bertz CT molecular complexity index is 391. The number of nitrogens with two attached hydrogens (primary N) is 1. The number of hydrogen-bond acceptors (Lipinski definition) is 2. The van der Waals surface area contributed by atoms with Crippen molar-refractivity contribution < 1.29 is 4.74 Å². The van der Waals surface area contributed by atoms with Crippen molar-refractivity contribution in [2.75, 3.05) is 13.2 Å². The first-order valence-corrected chi connectivity index (χ1v) is 7.18. The molecule has 0 atom stereocenters. The van der Waals surface area contributed by atoms with Gasteiger partial charge in [-0.2, -0.15) is 0 Å². The van der Waals surface area contributed by atoms with Gasteiger partial charge in [0.2, 0.25) is 0 Å². The summed E-state index contributed by atoms with van der Waals surface area (Å²) in [5.41, 5.74) is 8.91. The van der Waals surface area contributed by atoms with E-state index in [9.17, 15) is 0 Å². The van der Waals surface area contributed by atoms with Crippen LogP contribution in [0.25, 0.3) is 0 Å². The van der Waals surface area contributed by atoms with Crippen molar-refractivity contribution in [1.29, 1.82) is 0 Å². The van der Waals surface area contributed by atoms with Crippen LogP contribution in [0.15, 0.2) is 18.2 Å². The molecule has 0 amide bonds. The second-order valence-corrected chi connectivity index (χ2v) is 5.45. The summed E-state index contributed by atoms with van der Waals surface area (Å²) in [5.74, 6) is 1.07. The Morgan fingerprint density at radius 3 is 2.50 bits per heavy atom. The van der Waals surface area contributed by atoms with Crippen LogP contribution in [0.4, 0.5) is 0 Å². The van der Waals surface area contributed by atoms with Gasteiger partial charge >= 0.3 is 0 Å². The zero-order chi connectivity index (χ0) is 13.0. The molecular formula is C16H25NO. The Morgan fingerprint density at radius 1 is 1.22 bits per heavy atom. The van der Waals surface area contributed by atoms with Gasteiger partial charge in [0.25, 0.3) is 0 Å². The van der Waals surface area contributed by atoms with Gasteiger partial charge in [0, 0.05) is 12.0 Å². The van der Waals surface area contributed by atoms with E-state index in [2.05, 4.69) is 32.0 Å². The highest BCUT2D eigenvalue weighted by Crippen LogP contribution is 2.40. The Balaban J connectivity index is 2.09. The minimum atomic E-state index is 0.257. The van der Waals surface area contributed by atoms with Gasteiger partial charge in [-0.15, -0.1) is 0 Å². The lowest BCUT2D eigenvalue weighted by molar-refractivity contribution is 0.0662. The van der Waals surface area contributed by atoms with Gasteiger partial charge in [-0.1, -0.05) is 32.4 Å². The Kier molecular flexibility index (Phi) is 4.28. The van der Waals surface area contributed by atoms with Crippen molar-refractivity contribution in [1.82, 2.24) is 0 Å². The molecule has 2 heteroatoms. The van der Waals surface area contributed by atoms with Crippen LogP contribution in [0, 0.1) is 5.41 Å². The van der Waals surface area contributed by atoms with E-state index in [1.165, 1.54) is 30.4 Å². The molecule has 1 fully saturated rings. The molecule has 1 aliphatic rings. The topological polar surface area (TPSA) is 35.2 Å². The standard InChI is InChI=1S/C16H25NO/c1-3-13-7-5-8-15(14(13)4-2)18-12-16(11-17)9-6-10-16/h5,7-8H,3-4,6,9-12,17H2,1-2H3.